The van der Waals surface area contributed by atoms with Crippen LogP contribution < -0.4 is 0 Å². The smallest absolute Gasteiger partial charge is 0.164 e. The van der Waals surface area contributed by atoms with Crippen molar-refractivity contribution in [2.45, 2.75) is 22.5 Å². The molecule has 3 aliphatic carbocycles. The van der Waals surface area contributed by atoms with Crippen LogP contribution in [0.15, 0.2) is 161 Å². The fourth-order valence-electron chi connectivity index (χ4n) is 7.32. The van der Waals surface area contributed by atoms with E-state index < -0.39 is 0 Å². The maximum Gasteiger partial charge on any atom is 0.164 e. The zero-order valence-corrected chi connectivity index (χ0v) is 26.8. The summed E-state index contributed by atoms with van der Waals surface area (Å²) >= 11 is 1.92. The third-order valence-electron chi connectivity index (χ3n) is 9.82. The molecule has 0 spiro atoms. The first-order chi connectivity index (χ1) is 23.7. The fourth-order valence-corrected chi connectivity index (χ4v) is 8.70. The van der Waals surface area contributed by atoms with Gasteiger partial charge in [-0.3, -0.25) is 0 Å². The molecule has 0 N–H and O–H groups in total. The fraction of sp³-hybridized carbons (Fsp3) is 0.0930. The molecule has 0 saturated heterocycles. The highest BCUT2D eigenvalue weighted by atomic mass is 32.2. The van der Waals surface area contributed by atoms with Crippen molar-refractivity contribution >= 4 is 44.8 Å². The third kappa shape index (κ3) is 4.65. The Bertz CT molecular complexity index is 2480. The van der Waals surface area contributed by atoms with E-state index in [1.54, 1.807) is 0 Å². The highest BCUT2D eigenvalue weighted by Gasteiger charge is 2.31. The number of thioether (sulfide) groups is 1. The number of allylic oxidation sites excluding steroid dienone is 11. The van der Waals surface area contributed by atoms with E-state index in [0.29, 0.717) is 22.8 Å². The van der Waals surface area contributed by atoms with E-state index >= 15 is 0 Å². The molecule has 10 rings (SSSR count). The molecule has 3 unspecified atom stereocenters. The molecule has 5 heteroatoms. The number of fused-ring (bicyclic) bond motifs is 7. The van der Waals surface area contributed by atoms with Gasteiger partial charge < -0.3 is 4.42 Å². The van der Waals surface area contributed by atoms with Crippen molar-refractivity contribution in [1.82, 2.24) is 15.0 Å². The number of nitrogens with zero attached hydrogens (tertiary/aromatic N) is 3. The Balaban J connectivity index is 1.09. The van der Waals surface area contributed by atoms with Gasteiger partial charge in [0.15, 0.2) is 17.5 Å². The summed E-state index contributed by atoms with van der Waals surface area (Å²) in [5, 5.41) is 2.58. The van der Waals surface area contributed by atoms with Gasteiger partial charge in [0.25, 0.3) is 0 Å². The van der Waals surface area contributed by atoms with E-state index in [0.717, 1.165) is 50.9 Å². The molecule has 0 bridgehead atoms. The largest absolute Gasteiger partial charge is 0.456 e. The Labute approximate surface area is 282 Å². The monoisotopic (exact) mass is 635 g/mol. The van der Waals surface area contributed by atoms with Crippen molar-refractivity contribution in [2.75, 3.05) is 0 Å². The highest BCUT2D eigenvalue weighted by Crippen LogP contribution is 2.49. The maximum atomic E-state index is 6.13. The molecule has 48 heavy (non-hydrogen) atoms. The summed E-state index contributed by atoms with van der Waals surface area (Å²) in [5.74, 6) is 2.77. The predicted molar refractivity (Wildman–Crippen MR) is 196 cm³/mol. The second-order valence-corrected chi connectivity index (χ2v) is 14.0. The van der Waals surface area contributed by atoms with Crippen LogP contribution >= 0.6 is 11.8 Å². The lowest BCUT2D eigenvalue weighted by atomic mass is 9.81. The van der Waals surface area contributed by atoms with Gasteiger partial charge in [0.2, 0.25) is 0 Å². The summed E-state index contributed by atoms with van der Waals surface area (Å²) in [7, 11) is 0. The molecule has 0 radical (unpaired) electrons. The molecule has 1 aliphatic heterocycles. The second-order valence-electron chi connectivity index (χ2n) is 12.7. The Morgan fingerprint density at radius 1 is 0.646 bits per heavy atom. The zero-order valence-electron chi connectivity index (χ0n) is 26.0. The molecule has 0 fully saturated rings. The van der Waals surface area contributed by atoms with Crippen LogP contribution in [0.5, 0.6) is 0 Å². The Kier molecular flexibility index (Phi) is 6.34. The second kappa shape index (κ2) is 11.0. The molecule has 0 saturated carbocycles. The van der Waals surface area contributed by atoms with Gasteiger partial charge in [0.1, 0.15) is 11.2 Å². The van der Waals surface area contributed by atoms with Crippen molar-refractivity contribution < 1.29 is 4.42 Å². The van der Waals surface area contributed by atoms with Gasteiger partial charge in [-0.25, -0.2) is 15.0 Å². The van der Waals surface area contributed by atoms with Crippen LogP contribution in [0.1, 0.15) is 29.3 Å². The third-order valence-corrected chi connectivity index (χ3v) is 11.1. The van der Waals surface area contributed by atoms with Gasteiger partial charge in [-0.05, 0) is 64.6 Å². The summed E-state index contributed by atoms with van der Waals surface area (Å²) < 4.78 is 6.13. The molecule has 6 aromatic rings. The van der Waals surface area contributed by atoms with Crippen molar-refractivity contribution in [3.63, 3.8) is 0 Å². The minimum absolute atomic E-state index is 0.274. The van der Waals surface area contributed by atoms with Gasteiger partial charge in [0, 0.05) is 43.9 Å². The van der Waals surface area contributed by atoms with Crippen LogP contribution in [-0.4, -0.2) is 20.2 Å². The molecule has 4 nitrogen and oxygen atoms in total. The first-order valence-corrected chi connectivity index (χ1v) is 17.3. The summed E-state index contributed by atoms with van der Waals surface area (Å²) in [6.07, 6.45) is 21.1. The molecule has 4 aliphatic rings. The summed E-state index contributed by atoms with van der Waals surface area (Å²) in [4.78, 5) is 16.7. The molecular formula is C43H29N3OS. The van der Waals surface area contributed by atoms with Crippen LogP contribution in [0.4, 0.5) is 0 Å². The molecule has 0 amide bonds. The SMILES string of the molecule is C1=CC2Sc3cc(-c4nc(C5=CC=C6C=C(c7ccccc7)C=CC6C5)nc(-c5ccc6oc7ccccc7c6c5)n4)ccc3C2C=C1. The van der Waals surface area contributed by atoms with Gasteiger partial charge in [0.05, 0.1) is 0 Å². The average molecular weight is 636 g/mol. The van der Waals surface area contributed by atoms with Gasteiger partial charge in [-0.2, -0.15) is 0 Å². The standard InChI is InChI=1S/C43H29N3OS/c1-2-8-26(9-3-1)27-14-15-29-23-30(17-16-28(29)22-27)41-44-42(31-19-21-38-36(24-31)33-10-4-6-12-37(33)47-38)46-43(45-41)32-18-20-35-34-11-5-7-13-39(34)48-40(35)25-32/h1-22,24-25,29,34,39H,23H2. The lowest BCUT2D eigenvalue weighted by molar-refractivity contribution is 0.669. The topological polar surface area (TPSA) is 51.8 Å². The number of hydrogen-bond acceptors (Lipinski definition) is 5. The quantitative estimate of drug-likeness (QED) is 0.193. The molecule has 2 aromatic heterocycles. The van der Waals surface area contributed by atoms with Crippen molar-refractivity contribution in [3.8, 4) is 22.8 Å². The number of hydrogen-bond donors (Lipinski definition) is 0. The van der Waals surface area contributed by atoms with E-state index in [1.165, 1.54) is 27.2 Å². The predicted octanol–water partition coefficient (Wildman–Crippen LogP) is 10.8. The van der Waals surface area contributed by atoms with E-state index in [1.807, 2.05) is 36.0 Å². The van der Waals surface area contributed by atoms with Gasteiger partial charge in [-0.15, -0.1) is 11.8 Å². The van der Waals surface area contributed by atoms with Crippen molar-refractivity contribution in [2.24, 2.45) is 5.92 Å². The summed E-state index contributed by atoms with van der Waals surface area (Å²) in [5.41, 5.74) is 9.95. The number of furan rings is 1. The highest BCUT2D eigenvalue weighted by molar-refractivity contribution is 8.00. The van der Waals surface area contributed by atoms with Crippen LogP contribution in [0, 0.1) is 5.92 Å². The minimum Gasteiger partial charge on any atom is -0.456 e. The first kappa shape index (κ1) is 27.6. The number of benzene rings is 4. The molecule has 228 valence electrons. The van der Waals surface area contributed by atoms with Gasteiger partial charge in [-0.1, -0.05) is 115 Å². The molecule has 4 aromatic carbocycles. The number of aromatic nitrogens is 3. The lowest BCUT2D eigenvalue weighted by Crippen LogP contribution is -2.11. The summed E-state index contributed by atoms with van der Waals surface area (Å²) in [6.45, 7) is 0. The van der Waals surface area contributed by atoms with Crippen LogP contribution in [0.2, 0.25) is 0 Å². The average Bonchev–Trinajstić information content (AvgIpc) is 3.72. The van der Waals surface area contributed by atoms with E-state index in [9.17, 15) is 0 Å². The molecule has 3 atom stereocenters. The van der Waals surface area contributed by atoms with E-state index in [2.05, 4.69) is 121 Å². The lowest BCUT2D eigenvalue weighted by Gasteiger charge is -2.24. The normalized spacial score (nSPS) is 20.7. The Morgan fingerprint density at radius 2 is 1.42 bits per heavy atom. The molecular weight excluding hydrogens is 607 g/mol. The minimum atomic E-state index is 0.274. The van der Waals surface area contributed by atoms with E-state index in [4.69, 9.17) is 19.4 Å². The van der Waals surface area contributed by atoms with Gasteiger partial charge >= 0.3 is 0 Å². The van der Waals surface area contributed by atoms with Crippen molar-refractivity contribution in [3.05, 3.63) is 168 Å². The number of rotatable bonds is 4. The summed E-state index contributed by atoms with van der Waals surface area (Å²) in [6, 6.07) is 31.7. The van der Waals surface area contributed by atoms with Crippen molar-refractivity contribution in [1.29, 1.82) is 0 Å². The Morgan fingerprint density at radius 3 is 2.33 bits per heavy atom. The van der Waals surface area contributed by atoms with Crippen LogP contribution in [0.25, 0.3) is 55.9 Å². The van der Waals surface area contributed by atoms with Crippen LogP contribution in [0.3, 0.4) is 0 Å². The first-order valence-electron chi connectivity index (χ1n) is 16.4. The van der Waals surface area contributed by atoms with Crippen LogP contribution in [-0.2, 0) is 0 Å². The Hall–Kier alpha value is -5.52. The van der Waals surface area contributed by atoms with E-state index in [-0.39, 0.29) is 5.92 Å². The number of para-hydroxylation sites is 1. The zero-order chi connectivity index (χ0) is 31.6. The maximum absolute atomic E-state index is 6.13. The molecule has 3 heterocycles.